The van der Waals surface area contributed by atoms with Crippen LogP contribution in [0.4, 0.5) is 8.78 Å². The average molecular weight is 302 g/mol. The van der Waals surface area contributed by atoms with E-state index in [4.69, 9.17) is 10.1 Å². The number of oxime groups is 1. The number of hydrogen-bond acceptors (Lipinski definition) is 4. The molecule has 112 valence electrons. The van der Waals surface area contributed by atoms with Crippen LogP contribution in [-0.4, -0.2) is 12.8 Å². The molecule has 2 aromatic rings. The number of alkyl halides is 2. The first-order chi connectivity index (χ1) is 10.7. The second-order valence-corrected chi connectivity index (χ2v) is 4.23. The molecule has 0 fully saturated rings. The van der Waals surface area contributed by atoms with Crippen LogP contribution in [0.15, 0.2) is 53.7 Å². The second-order valence-electron chi connectivity index (χ2n) is 4.23. The second kappa shape index (κ2) is 7.74. The van der Waals surface area contributed by atoms with Crippen molar-refractivity contribution in [3.63, 3.8) is 0 Å². The van der Waals surface area contributed by atoms with E-state index in [2.05, 4.69) is 9.89 Å². The SMILES string of the molecule is N#Cc1ccc(CON=Cc2ccccc2OC(F)F)cc1. The van der Waals surface area contributed by atoms with Gasteiger partial charge in [0.25, 0.3) is 0 Å². The number of rotatable bonds is 6. The third kappa shape index (κ3) is 4.56. The first-order valence-corrected chi connectivity index (χ1v) is 6.37. The van der Waals surface area contributed by atoms with Gasteiger partial charge in [-0.05, 0) is 29.8 Å². The number of nitrogens with zero attached hydrogens (tertiary/aromatic N) is 2. The van der Waals surface area contributed by atoms with Gasteiger partial charge >= 0.3 is 6.61 Å². The van der Waals surface area contributed by atoms with Crippen molar-refractivity contribution in [2.24, 2.45) is 5.16 Å². The summed E-state index contributed by atoms with van der Waals surface area (Å²) in [5.74, 6) is 0.0308. The minimum Gasteiger partial charge on any atom is -0.434 e. The highest BCUT2D eigenvalue weighted by atomic mass is 19.3. The Morgan fingerprint density at radius 1 is 1.14 bits per heavy atom. The standard InChI is InChI=1S/C16H12F2N2O2/c17-16(18)22-15-4-2-1-3-14(15)10-20-21-11-13-7-5-12(9-19)6-8-13/h1-8,10,16H,11H2. The van der Waals surface area contributed by atoms with E-state index in [0.717, 1.165) is 5.56 Å². The van der Waals surface area contributed by atoms with E-state index in [1.165, 1.54) is 12.3 Å². The molecule has 0 aliphatic carbocycles. The Morgan fingerprint density at radius 2 is 1.86 bits per heavy atom. The van der Waals surface area contributed by atoms with Crippen molar-refractivity contribution in [3.8, 4) is 11.8 Å². The quantitative estimate of drug-likeness (QED) is 0.604. The fourth-order valence-corrected chi connectivity index (χ4v) is 1.67. The molecule has 0 spiro atoms. The van der Waals surface area contributed by atoms with Crippen LogP contribution < -0.4 is 4.74 Å². The predicted octanol–water partition coefficient (Wildman–Crippen LogP) is 3.71. The molecule has 0 atom stereocenters. The summed E-state index contributed by atoms with van der Waals surface area (Å²) >= 11 is 0. The molecule has 4 nitrogen and oxygen atoms in total. The number of benzene rings is 2. The van der Waals surface area contributed by atoms with Crippen LogP contribution in [0.5, 0.6) is 5.75 Å². The van der Waals surface area contributed by atoms with Gasteiger partial charge in [0.2, 0.25) is 0 Å². The molecular weight excluding hydrogens is 290 g/mol. The van der Waals surface area contributed by atoms with Crippen molar-refractivity contribution < 1.29 is 18.4 Å². The van der Waals surface area contributed by atoms with Gasteiger partial charge in [0, 0.05) is 5.56 Å². The number of hydrogen-bond donors (Lipinski definition) is 0. The molecule has 0 amide bonds. The van der Waals surface area contributed by atoms with Gasteiger partial charge < -0.3 is 9.57 Å². The number of nitriles is 1. The van der Waals surface area contributed by atoms with E-state index >= 15 is 0 Å². The molecule has 6 heteroatoms. The topological polar surface area (TPSA) is 54.6 Å². The molecule has 0 heterocycles. The van der Waals surface area contributed by atoms with Crippen LogP contribution in [0.3, 0.4) is 0 Å². The number of para-hydroxylation sites is 1. The lowest BCUT2D eigenvalue weighted by Gasteiger charge is -2.06. The smallest absolute Gasteiger partial charge is 0.387 e. The van der Waals surface area contributed by atoms with Gasteiger partial charge in [-0.25, -0.2) is 0 Å². The van der Waals surface area contributed by atoms with E-state index in [-0.39, 0.29) is 12.4 Å². The lowest BCUT2D eigenvalue weighted by molar-refractivity contribution is -0.0499. The molecule has 0 radical (unpaired) electrons. The molecular formula is C16H12F2N2O2. The molecule has 2 aromatic carbocycles. The van der Waals surface area contributed by atoms with Crippen molar-refractivity contribution in [3.05, 3.63) is 65.2 Å². The van der Waals surface area contributed by atoms with Crippen LogP contribution in [0, 0.1) is 11.3 Å². The molecule has 2 rings (SSSR count). The minimum absolute atomic E-state index is 0.0308. The van der Waals surface area contributed by atoms with E-state index < -0.39 is 6.61 Å². The third-order valence-corrected chi connectivity index (χ3v) is 2.72. The maximum atomic E-state index is 12.3. The van der Waals surface area contributed by atoms with Crippen LogP contribution in [0.1, 0.15) is 16.7 Å². The molecule has 0 aliphatic rings. The lowest BCUT2D eigenvalue weighted by atomic mass is 10.2. The van der Waals surface area contributed by atoms with Gasteiger partial charge in [0.1, 0.15) is 12.4 Å². The zero-order valence-electron chi connectivity index (χ0n) is 11.4. The molecule has 0 unspecified atom stereocenters. The van der Waals surface area contributed by atoms with E-state index in [1.54, 1.807) is 42.5 Å². The Bertz CT molecular complexity index is 679. The summed E-state index contributed by atoms with van der Waals surface area (Å²) in [6.45, 7) is -2.69. The van der Waals surface area contributed by atoms with Gasteiger partial charge in [-0.1, -0.05) is 29.4 Å². The molecule has 0 saturated heterocycles. The average Bonchev–Trinajstić information content (AvgIpc) is 2.53. The van der Waals surface area contributed by atoms with Crippen molar-refractivity contribution in [1.29, 1.82) is 5.26 Å². The summed E-state index contributed by atoms with van der Waals surface area (Å²) in [7, 11) is 0. The zero-order chi connectivity index (χ0) is 15.8. The highest BCUT2D eigenvalue weighted by Gasteiger charge is 2.07. The molecule has 22 heavy (non-hydrogen) atoms. The highest BCUT2D eigenvalue weighted by molar-refractivity contribution is 5.83. The third-order valence-electron chi connectivity index (χ3n) is 2.72. The Balaban J connectivity index is 1.93. The predicted molar refractivity (Wildman–Crippen MR) is 76.6 cm³/mol. The maximum Gasteiger partial charge on any atom is 0.387 e. The fraction of sp³-hybridized carbons (Fsp3) is 0.125. The summed E-state index contributed by atoms with van der Waals surface area (Å²) in [4.78, 5) is 5.10. The summed E-state index contributed by atoms with van der Waals surface area (Å²) in [5.41, 5.74) is 1.79. The van der Waals surface area contributed by atoms with Crippen LogP contribution in [0.25, 0.3) is 0 Å². The summed E-state index contributed by atoms with van der Waals surface area (Å²) in [5, 5.41) is 12.4. The molecule has 0 saturated carbocycles. The lowest BCUT2D eigenvalue weighted by Crippen LogP contribution is -2.04. The molecule has 0 aromatic heterocycles. The highest BCUT2D eigenvalue weighted by Crippen LogP contribution is 2.18. The molecule has 0 aliphatic heterocycles. The zero-order valence-corrected chi connectivity index (χ0v) is 11.4. The summed E-state index contributed by atoms with van der Waals surface area (Å²) < 4.78 is 28.9. The minimum atomic E-state index is -2.89. The normalized spacial score (nSPS) is 10.6. The first-order valence-electron chi connectivity index (χ1n) is 6.37. The summed E-state index contributed by atoms with van der Waals surface area (Å²) in [6.07, 6.45) is 1.31. The largest absolute Gasteiger partial charge is 0.434 e. The monoisotopic (exact) mass is 302 g/mol. The maximum absolute atomic E-state index is 12.3. The van der Waals surface area contributed by atoms with Crippen LogP contribution in [0.2, 0.25) is 0 Å². The summed E-state index contributed by atoms with van der Waals surface area (Å²) in [6, 6.07) is 15.2. The van der Waals surface area contributed by atoms with Crippen LogP contribution >= 0.6 is 0 Å². The number of ether oxygens (including phenoxy) is 1. The Morgan fingerprint density at radius 3 is 2.55 bits per heavy atom. The van der Waals surface area contributed by atoms with E-state index in [9.17, 15) is 8.78 Å². The first kappa shape index (κ1) is 15.4. The van der Waals surface area contributed by atoms with Gasteiger partial charge in [-0.15, -0.1) is 0 Å². The van der Waals surface area contributed by atoms with Gasteiger partial charge in [-0.3, -0.25) is 0 Å². The van der Waals surface area contributed by atoms with Crippen molar-refractivity contribution in [1.82, 2.24) is 0 Å². The Labute approximate surface area is 126 Å². The van der Waals surface area contributed by atoms with E-state index in [0.29, 0.717) is 11.1 Å². The number of halogens is 2. The van der Waals surface area contributed by atoms with Crippen molar-refractivity contribution >= 4 is 6.21 Å². The molecule has 0 bridgehead atoms. The van der Waals surface area contributed by atoms with Crippen molar-refractivity contribution in [2.45, 2.75) is 13.2 Å². The molecule has 0 N–H and O–H groups in total. The Kier molecular flexibility index (Phi) is 5.44. The van der Waals surface area contributed by atoms with Crippen molar-refractivity contribution in [2.75, 3.05) is 0 Å². The fourth-order valence-electron chi connectivity index (χ4n) is 1.67. The van der Waals surface area contributed by atoms with Gasteiger partial charge in [-0.2, -0.15) is 14.0 Å². The van der Waals surface area contributed by atoms with Gasteiger partial charge in [0.15, 0.2) is 0 Å². The van der Waals surface area contributed by atoms with Gasteiger partial charge in [0.05, 0.1) is 17.8 Å². The Hall–Kier alpha value is -2.94. The van der Waals surface area contributed by atoms with E-state index in [1.807, 2.05) is 6.07 Å². The van der Waals surface area contributed by atoms with Crippen LogP contribution in [-0.2, 0) is 11.4 Å².